The van der Waals surface area contributed by atoms with Crippen LogP contribution in [-0.2, 0) is 0 Å². The number of aromatic nitrogens is 1. The summed E-state index contributed by atoms with van der Waals surface area (Å²) in [5, 5.41) is 15.1. The number of benzene rings is 3. The predicted molar refractivity (Wildman–Crippen MR) is 118 cm³/mol. The van der Waals surface area contributed by atoms with Gasteiger partial charge in [0.05, 0.1) is 19.3 Å². The Morgan fingerprint density at radius 2 is 1.77 bits per heavy atom. The number of rotatable bonds is 7. The molecule has 5 heteroatoms. The Morgan fingerprint density at radius 1 is 1.00 bits per heavy atom. The molecule has 0 spiro atoms. The van der Waals surface area contributed by atoms with Crippen molar-refractivity contribution in [2.24, 2.45) is 0 Å². The number of fused-ring (bicyclic) bond motifs is 1. The maximum Gasteiger partial charge on any atom is 0.126 e. The topological polar surface area (TPSA) is 46.4 Å². The van der Waals surface area contributed by atoms with Crippen LogP contribution < -0.4 is 10.1 Å². The lowest BCUT2D eigenvalue weighted by atomic mass is 10.0. The SMILES string of the molecule is CNC[C@@H](O)C(c1cccc(F)c1)n1cc(-c2ccccc2OC)c2ccccc21. The first kappa shape index (κ1) is 20.1. The van der Waals surface area contributed by atoms with Gasteiger partial charge in [-0.05, 0) is 36.9 Å². The highest BCUT2D eigenvalue weighted by Gasteiger charge is 2.26. The van der Waals surface area contributed by atoms with Gasteiger partial charge in [-0.2, -0.15) is 0 Å². The van der Waals surface area contributed by atoms with E-state index in [-0.39, 0.29) is 5.82 Å². The molecule has 154 valence electrons. The summed E-state index contributed by atoms with van der Waals surface area (Å²) in [6, 6.07) is 21.9. The van der Waals surface area contributed by atoms with Crippen molar-refractivity contribution >= 4 is 10.9 Å². The molecule has 4 rings (SSSR count). The van der Waals surface area contributed by atoms with Crippen molar-refractivity contribution in [1.82, 2.24) is 9.88 Å². The summed E-state index contributed by atoms with van der Waals surface area (Å²) in [5.41, 5.74) is 3.64. The molecule has 1 heterocycles. The lowest BCUT2D eigenvalue weighted by molar-refractivity contribution is 0.132. The van der Waals surface area contributed by atoms with Gasteiger partial charge in [-0.15, -0.1) is 0 Å². The zero-order chi connectivity index (χ0) is 21.1. The van der Waals surface area contributed by atoms with E-state index in [9.17, 15) is 9.50 Å². The second kappa shape index (κ2) is 8.69. The summed E-state index contributed by atoms with van der Waals surface area (Å²) in [5.74, 6) is 0.453. The normalized spacial score (nSPS) is 13.3. The molecule has 0 aliphatic carbocycles. The third-order valence-corrected chi connectivity index (χ3v) is 5.41. The fraction of sp³-hybridized carbons (Fsp3) is 0.200. The third kappa shape index (κ3) is 3.70. The highest BCUT2D eigenvalue weighted by molar-refractivity contribution is 5.97. The van der Waals surface area contributed by atoms with Crippen molar-refractivity contribution in [3.05, 3.63) is 90.4 Å². The quantitative estimate of drug-likeness (QED) is 0.472. The van der Waals surface area contributed by atoms with E-state index in [0.717, 1.165) is 27.8 Å². The van der Waals surface area contributed by atoms with Gasteiger partial charge in [-0.25, -0.2) is 4.39 Å². The molecule has 0 amide bonds. The van der Waals surface area contributed by atoms with Crippen LogP contribution in [0.3, 0.4) is 0 Å². The minimum atomic E-state index is -0.752. The number of likely N-dealkylation sites (N-methyl/N-ethyl adjacent to an activating group) is 1. The van der Waals surface area contributed by atoms with Crippen LogP contribution in [0.1, 0.15) is 11.6 Å². The smallest absolute Gasteiger partial charge is 0.126 e. The van der Waals surface area contributed by atoms with Crippen LogP contribution in [0.4, 0.5) is 4.39 Å². The van der Waals surface area contributed by atoms with E-state index >= 15 is 0 Å². The largest absolute Gasteiger partial charge is 0.496 e. The number of hydrogen-bond donors (Lipinski definition) is 2. The molecule has 1 aromatic heterocycles. The summed E-state index contributed by atoms with van der Waals surface area (Å²) >= 11 is 0. The first-order chi connectivity index (χ1) is 14.6. The molecule has 1 unspecified atom stereocenters. The van der Waals surface area contributed by atoms with Crippen molar-refractivity contribution in [2.45, 2.75) is 12.1 Å². The minimum Gasteiger partial charge on any atom is -0.496 e. The van der Waals surface area contributed by atoms with Gasteiger partial charge < -0.3 is 19.7 Å². The van der Waals surface area contributed by atoms with Crippen LogP contribution >= 0.6 is 0 Å². The Hall–Kier alpha value is -3.15. The van der Waals surface area contributed by atoms with Gasteiger partial charge in [-0.1, -0.05) is 48.5 Å². The molecule has 4 aromatic rings. The average molecular weight is 404 g/mol. The summed E-state index contributed by atoms with van der Waals surface area (Å²) in [7, 11) is 3.45. The van der Waals surface area contributed by atoms with Crippen molar-refractivity contribution in [2.75, 3.05) is 20.7 Å². The van der Waals surface area contributed by atoms with Crippen LogP contribution in [0.2, 0.25) is 0 Å². The molecule has 0 saturated carbocycles. The monoisotopic (exact) mass is 404 g/mol. The van der Waals surface area contributed by atoms with Crippen LogP contribution in [0.15, 0.2) is 79.0 Å². The Labute approximate surface area is 175 Å². The van der Waals surface area contributed by atoms with Crippen LogP contribution in [0.5, 0.6) is 5.75 Å². The molecule has 0 aliphatic rings. The highest BCUT2D eigenvalue weighted by Crippen LogP contribution is 2.39. The summed E-state index contributed by atoms with van der Waals surface area (Å²) < 4.78 is 21.7. The second-order valence-electron chi connectivity index (χ2n) is 7.29. The van der Waals surface area contributed by atoms with Gasteiger partial charge in [0, 0.05) is 34.8 Å². The Balaban J connectivity index is 1.96. The van der Waals surface area contributed by atoms with Gasteiger partial charge in [0.1, 0.15) is 11.6 Å². The number of hydrogen-bond acceptors (Lipinski definition) is 3. The van der Waals surface area contributed by atoms with E-state index in [0.29, 0.717) is 12.1 Å². The molecule has 0 saturated heterocycles. The molecule has 0 bridgehead atoms. The summed E-state index contributed by atoms with van der Waals surface area (Å²) in [4.78, 5) is 0. The number of para-hydroxylation sites is 2. The van der Waals surface area contributed by atoms with Crippen molar-refractivity contribution in [3.63, 3.8) is 0 Å². The summed E-state index contributed by atoms with van der Waals surface area (Å²) in [6.45, 7) is 0.373. The number of halogens is 1. The molecule has 0 aliphatic heterocycles. The van der Waals surface area contributed by atoms with Gasteiger partial charge in [0.25, 0.3) is 0 Å². The van der Waals surface area contributed by atoms with Crippen molar-refractivity contribution in [1.29, 1.82) is 0 Å². The first-order valence-electron chi connectivity index (χ1n) is 9.95. The Morgan fingerprint density at radius 3 is 2.53 bits per heavy atom. The number of ether oxygens (including phenoxy) is 1. The Bertz CT molecular complexity index is 1150. The number of methoxy groups -OCH3 is 1. The number of nitrogens with one attached hydrogen (secondary N) is 1. The maximum atomic E-state index is 14.1. The van der Waals surface area contributed by atoms with E-state index < -0.39 is 12.1 Å². The molecule has 4 nitrogen and oxygen atoms in total. The van der Waals surface area contributed by atoms with Crippen molar-refractivity contribution in [3.8, 4) is 16.9 Å². The highest BCUT2D eigenvalue weighted by atomic mass is 19.1. The number of aliphatic hydroxyl groups is 1. The van der Waals surface area contributed by atoms with Crippen LogP contribution in [0, 0.1) is 5.82 Å². The average Bonchev–Trinajstić information content (AvgIpc) is 3.13. The molecule has 2 N–H and O–H groups in total. The standard InChI is InChI=1S/C25H25FN2O2/c1-27-15-23(29)25(17-8-7-9-18(26)14-17)28-16-21(19-10-3-5-12-22(19)28)20-11-4-6-13-24(20)30-2/h3-14,16,23,25,27,29H,15H2,1-2H3/t23-,25?/m1/s1. The molecule has 30 heavy (non-hydrogen) atoms. The Kier molecular flexibility index (Phi) is 5.84. The second-order valence-corrected chi connectivity index (χ2v) is 7.29. The summed E-state index contributed by atoms with van der Waals surface area (Å²) in [6.07, 6.45) is 1.27. The molecular formula is C25H25FN2O2. The molecule has 2 atom stereocenters. The third-order valence-electron chi connectivity index (χ3n) is 5.41. The fourth-order valence-electron chi connectivity index (χ4n) is 4.10. The van der Waals surface area contributed by atoms with Crippen molar-refractivity contribution < 1.29 is 14.2 Å². The predicted octanol–water partition coefficient (Wildman–Crippen LogP) is 4.63. The zero-order valence-corrected chi connectivity index (χ0v) is 17.0. The van der Waals surface area contributed by atoms with Crippen LogP contribution in [0.25, 0.3) is 22.0 Å². The number of nitrogens with zero attached hydrogens (tertiary/aromatic N) is 1. The molecule has 0 fully saturated rings. The lowest BCUT2D eigenvalue weighted by Crippen LogP contribution is -2.33. The van der Waals surface area contributed by atoms with E-state index in [1.807, 2.05) is 59.3 Å². The van der Waals surface area contributed by atoms with Gasteiger partial charge >= 0.3 is 0 Å². The van der Waals surface area contributed by atoms with Gasteiger partial charge in [0.15, 0.2) is 0 Å². The van der Waals surface area contributed by atoms with E-state index in [2.05, 4.69) is 11.4 Å². The molecule has 3 aromatic carbocycles. The number of aliphatic hydroxyl groups excluding tert-OH is 1. The van der Waals surface area contributed by atoms with E-state index in [1.165, 1.54) is 12.1 Å². The van der Waals surface area contributed by atoms with Gasteiger partial charge in [0.2, 0.25) is 0 Å². The van der Waals surface area contributed by atoms with E-state index in [4.69, 9.17) is 4.74 Å². The maximum absolute atomic E-state index is 14.1. The van der Waals surface area contributed by atoms with Crippen LogP contribution in [-0.4, -0.2) is 36.5 Å². The zero-order valence-electron chi connectivity index (χ0n) is 17.0. The fourth-order valence-corrected chi connectivity index (χ4v) is 4.10. The molecular weight excluding hydrogens is 379 g/mol. The molecule has 0 radical (unpaired) electrons. The minimum absolute atomic E-state index is 0.324. The van der Waals surface area contributed by atoms with Gasteiger partial charge in [-0.3, -0.25) is 0 Å². The lowest BCUT2D eigenvalue weighted by Gasteiger charge is -2.26. The van der Waals surface area contributed by atoms with E-state index in [1.54, 1.807) is 20.2 Å². The first-order valence-corrected chi connectivity index (χ1v) is 9.95.